The second-order valence-corrected chi connectivity index (χ2v) is 26.9. The average molecular weight is 1210 g/mol. The number of nitrogens with one attached hydrogen (secondary N) is 2. The molecule has 4 aromatic rings. The summed E-state index contributed by atoms with van der Waals surface area (Å²) in [5.41, 5.74) is 5.82. The third-order valence-corrected chi connectivity index (χ3v) is 18.7. The number of benzene rings is 4. The molecule has 0 bridgehead atoms. The van der Waals surface area contributed by atoms with E-state index in [1.807, 2.05) is 36.4 Å². The molecule has 2 atom stereocenters. The van der Waals surface area contributed by atoms with Crippen LogP contribution < -0.4 is 20.4 Å². The first kappa shape index (κ1) is 72.6. The van der Waals surface area contributed by atoms with Crippen molar-refractivity contribution < 1.29 is 25.9 Å². The molecule has 0 saturated heterocycles. The van der Waals surface area contributed by atoms with Crippen molar-refractivity contribution in [3.05, 3.63) is 108 Å². The van der Waals surface area contributed by atoms with Crippen LogP contribution in [0.1, 0.15) is 282 Å². The van der Waals surface area contributed by atoms with E-state index in [4.69, 9.17) is 0 Å². The Labute approximate surface area is 536 Å². The van der Waals surface area contributed by atoms with E-state index in [2.05, 4.69) is 58.5 Å². The Morgan fingerprint density at radius 3 is 0.831 bits per heavy atom. The number of unbranched alkanes of at least 4 members (excludes halogenated alkanes) is 36. The number of anilines is 4. The smallest absolute Gasteiger partial charge is 0.744 e. The van der Waals surface area contributed by atoms with Crippen LogP contribution in [0.4, 0.5) is 22.7 Å². The molecule has 2 N–H and O–H groups in total. The minimum Gasteiger partial charge on any atom is -0.744 e. The quantitative estimate of drug-likeness (QED) is 0.0249. The molecule has 0 aliphatic carbocycles. The molecule has 0 saturated carbocycles. The summed E-state index contributed by atoms with van der Waals surface area (Å²) in [4.78, 5) is 4.27. The first-order valence-corrected chi connectivity index (χ1v) is 36.1. The zero-order valence-corrected chi connectivity index (χ0v) is 55.8. The maximum absolute atomic E-state index is 11.6. The maximum Gasteiger partial charge on any atom is 2.00 e. The Hall–Kier alpha value is -2.84. The Morgan fingerprint density at radius 1 is 0.349 bits per heavy atom. The van der Waals surface area contributed by atoms with Gasteiger partial charge in [-0.1, -0.05) is 306 Å². The minimum absolute atomic E-state index is 0. The van der Waals surface area contributed by atoms with Crippen LogP contribution in [0, 0.1) is 0 Å². The van der Waals surface area contributed by atoms with E-state index in [0.29, 0.717) is 0 Å². The van der Waals surface area contributed by atoms with Gasteiger partial charge in [-0.2, -0.15) is 0 Å². The Morgan fingerprint density at radius 2 is 0.590 bits per heavy atom. The van der Waals surface area contributed by atoms with Crippen LogP contribution in [-0.4, -0.2) is 76.0 Å². The van der Waals surface area contributed by atoms with Crippen LogP contribution in [0.5, 0.6) is 0 Å². The predicted octanol–water partition coefficient (Wildman–Crippen LogP) is 20.0. The third-order valence-electron chi connectivity index (χ3n) is 17.1. The molecule has 2 heterocycles. The second kappa shape index (κ2) is 43.7. The molecule has 2 aliphatic heterocycles. The van der Waals surface area contributed by atoms with Crippen molar-refractivity contribution in [3.8, 4) is 0 Å². The second-order valence-electron chi connectivity index (χ2n) is 24.1. The summed E-state index contributed by atoms with van der Waals surface area (Å²) >= 11 is 0. The van der Waals surface area contributed by atoms with Crippen LogP contribution in [0.25, 0.3) is 0 Å². The molecule has 4 aromatic carbocycles. The standard InChI is InChI=1S/2C35H56N2O3S.Ca/c2*1-2-3-4-5-6-7-8-9-10-11-12-13-14-15-16-17-18-19-23-26-35-36-33-29-32(41(38,39)40)27-28-34(33)37(35)30-31-24-21-20-22-25-31;/h2*20-22,24-25,27-29,35-36H,2-19,23,26,30H2,1H3,(H,38,39,40);/q;;+2/p-2. The van der Waals surface area contributed by atoms with Crippen molar-refractivity contribution in [2.75, 3.05) is 20.4 Å². The first-order valence-electron chi connectivity index (χ1n) is 33.3. The summed E-state index contributed by atoms with van der Waals surface area (Å²) < 4.78 is 69.3. The molecule has 0 aromatic heterocycles. The normalized spacial score (nSPS) is 14.6. The van der Waals surface area contributed by atoms with E-state index in [-0.39, 0.29) is 59.9 Å². The van der Waals surface area contributed by atoms with Gasteiger partial charge in [-0.15, -0.1) is 0 Å². The average Bonchev–Trinajstić information content (AvgIpc) is 4.19. The van der Waals surface area contributed by atoms with E-state index in [1.165, 1.54) is 267 Å². The van der Waals surface area contributed by atoms with Gasteiger partial charge in [0.15, 0.2) is 0 Å². The predicted molar refractivity (Wildman–Crippen MR) is 351 cm³/mol. The van der Waals surface area contributed by atoms with Gasteiger partial charge < -0.3 is 29.5 Å². The number of nitrogens with zero attached hydrogens (tertiary/aromatic N) is 2. The zero-order chi connectivity index (χ0) is 58.4. The van der Waals surface area contributed by atoms with E-state index in [1.54, 1.807) is 12.1 Å². The molecule has 83 heavy (non-hydrogen) atoms. The van der Waals surface area contributed by atoms with Gasteiger partial charge in [0, 0.05) is 13.1 Å². The molecule has 10 nitrogen and oxygen atoms in total. The van der Waals surface area contributed by atoms with Crippen molar-refractivity contribution in [1.82, 2.24) is 0 Å². The van der Waals surface area contributed by atoms with Crippen LogP contribution in [0.2, 0.25) is 0 Å². The van der Waals surface area contributed by atoms with Crippen LogP contribution >= 0.6 is 0 Å². The molecule has 2 aliphatic rings. The van der Waals surface area contributed by atoms with Gasteiger partial charge in [-0.25, -0.2) is 16.8 Å². The molecule has 0 amide bonds. The molecule has 6 rings (SSSR count). The summed E-state index contributed by atoms with van der Waals surface area (Å²) in [5, 5.41) is 7.00. The number of hydrogen-bond acceptors (Lipinski definition) is 10. The van der Waals surface area contributed by atoms with E-state index in [9.17, 15) is 25.9 Å². The van der Waals surface area contributed by atoms with Crippen LogP contribution in [-0.2, 0) is 33.3 Å². The zero-order valence-electron chi connectivity index (χ0n) is 52.0. The summed E-state index contributed by atoms with van der Waals surface area (Å²) in [6.45, 7) is 6.06. The minimum atomic E-state index is -4.47. The van der Waals surface area contributed by atoms with Crippen LogP contribution in [0.15, 0.2) is 107 Å². The Kier molecular flexibility index (Phi) is 38.3. The molecule has 13 heteroatoms. The summed E-state index contributed by atoms with van der Waals surface area (Å²) in [5.74, 6) is 0. The Bertz CT molecular complexity index is 2330. The van der Waals surface area contributed by atoms with Gasteiger partial charge in [0.05, 0.1) is 44.9 Å². The monoisotopic (exact) mass is 1210 g/mol. The van der Waals surface area contributed by atoms with Crippen molar-refractivity contribution in [2.45, 2.75) is 306 Å². The number of rotatable bonds is 46. The molecular formula is C70H110CaN4O6S2. The van der Waals surface area contributed by atoms with Gasteiger partial charge in [-0.05, 0) is 73.2 Å². The van der Waals surface area contributed by atoms with Gasteiger partial charge in [0.25, 0.3) is 0 Å². The fourth-order valence-electron chi connectivity index (χ4n) is 12.2. The fraction of sp³-hybridized carbons (Fsp3) is 0.657. The first-order chi connectivity index (χ1) is 40.0. The van der Waals surface area contributed by atoms with Crippen molar-refractivity contribution in [1.29, 1.82) is 0 Å². The molecule has 0 fully saturated rings. The molecular weight excluding hydrogens is 1100 g/mol. The SMILES string of the molecule is CCCCCCCCCCCCCCCCCCCCCC1Nc2cc(S(=O)(=O)[O-])ccc2N1Cc1ccccc1.CCCCCCCCCCCCCCCCCCCCCC1Nc2cc(S(=O)(=O)[O-])ccc2N1Cc1ccccc1.[Ca+2]. The fourth-order valence-corrected chi connectivity index (χ4v) is 13.2. The van der Waals surface area contributed by atoms with Crippen LogP contribution in [0.3, 0.4) is 0 Å². The molecule has 0 spiro atoms. The summed E-state index contributed by atoms with van der Waals surface area (Å²) in [7, 11) is -8.95. The van der Waals surface area contributed by atoms with Crippen molar-refractivity contribution in [2.24, 2.45) is 0 Å². The molecule has 0 radical (unpaired) electrons. The van der Waals surface area contributed by atoms with E-state index in [0.717, 1.165) is 61.5 Å². The topological polar surface area (TPSA) is 145 Å². The van der Waals surface area contributed by atoms with Crippen molar-refractivity contribution >= 4 is 80.7 Å². The van der Waals surface area contributed by atoms with E-state index >= 15 is 0 Å². The van der Waals surface area contributed by atoms with E-state index < -0.39 is 20.2 Å². The summed E-state index contributed by atoms with van der Waals surface area (Å²) in [6.07, 6.45) is 54.3. The molecule has 460 valence electrons. The number of fused-ring (bicyclic) bond motifs is 2. The largest absolute Gasteiger partial charge is 2.00 e. The van der Waals surface area contributed by atoms with Crippen molar-refractivity contribution in [3.63, 3.8) is 0 Å². The number of hydrogen-bond donors (Lipinski definition) is 2. The van der Waals surface area contributed by atoms with Gasteiger partial charge >= 0.3 is 37.7 Å². The summed E-state index contributed by atoms with van der Waals surface area (Å²) in [6, 6.07) is 30.0. The third kappa shape index (κ3) is 30.1. The van der Waals surface area contributed by atoms with Gasteiger partial charge in [-0.3, -0.25) is 0 Å². The Balaban J connectivity index is 0.000000352. The van der Waals surface area contributed by atoms with Gasteiger partial charge in [0.2, 0.25) is 0 Å². The maximum atomic E-state index is 11.6. The van der Waals surface area contributed by atoms with Gasteiger partial charge in [0.1, 0.15) is 20.2 Å². The molecule has 2 unspecified atom stereocenters.